The molecule has 0 aliphatic heterocycles. The Morgan fingerprint density at radius 1 is 1.44 bits per heavy atom. The molecule has 1 fully saturated rings. The van der Waals surface area contributed by atoms with E-state index in [4.69, 9.17) is 0 Å². The van der Waals surface area contributed by atoms with Crippen LogP contribution in [0.4, 0.5) is 0 Å². The molecule has 54 valence electrons. The minimum atomic E-state index is -0.0810. The molecule has 0 heterocycles. The van der Waals surface area contributed by atoms with Crippen molar-refractivity contribution in [3.05, 3.63) is 0 Å². The molecule has 1 saturated carbocycles. The first-order valence-electron chi connectivity index (χ1n) is 3.90. The van der Waals surface area contributed by atoms with Gasteiger partial charge in [-0.25, -0.2) is 0 Å². The summed E-state index contributed by atoms with van der Waals surface area (Å²) in [5, 5.41) is 9.22. The summed E-state index contributed by atoms with van der Waals surface area (Å²) in [7, 11) is 0. The second kappa shape index (κ2) is 2.70. The zero-order valence-corrected chi connectivity index (χ0v) is 6.30. The van der Waals surface area contributed by atoms with Gasteiger partial charge in [0.25, 0.3) is 0 Å². The van der Waals surface area contributed by atoms with Crippen LogP contribution in [-0.2, 0) is 0 Å². The zero-order chi connectivity index (χ0) is 6.85. The molecule has 3 atom stereocenters. The van der Waals surface area contributed by atoms with Crippen LogP contribution in [0.3, 0.4) is 0 Å². The van der Waals surface area contributed by atoms with Gasteiger partial charge in [0, 0.05) is 0 Å². The van der Waals surface area contributed by atoms with Crippen LogP contribution < -0.4 is 0 Å². The van der Waals surface area contributed by atoms with E-state index in [2.05, 4.69) is 6.92 Å². The summed E-state index contributed by atoms with van der Waals surface area (Å²) in [6.07, 6.45) is 3.79. The molecule has 1 rings (SSSR count). The molecule has 1 unspecified atom stereocenters. The van der Waals surface area contributed by atoms with Crippen molar-refractivity contribution in [2.45, 2.75) is 39.2 Å². The Labute approximate surface area is 57.1 Å². The van der Waals surface area contributed by atoms with Gasteiger partial charge in [0.2, 0.25) is 0 Å². The normalized spacial score (nSPS) is 39.0. The highest BCUT2D eigenvalue weighted by atomic mass is 16.3. The van der Waals surface area contributed by atoms with Crippen LogP contribution in [0.15, 0.2) is 0 Å². The fourth-order valence-electron chi connectivity index (χ4n) is 1.89. The topological polar surface area (TPSA) is 20.2 Å². The van der Waals surface area contributed by atoms with Crippen LogP contribution in [0.1, 0.15) is 33.1 Å². The van der Waals surface area contributed by atoms with Crippen molar-refractivity contribution in [2.75, 3.05) is 0 Å². The van der Waals surface area contributed by atoms with Gasteiger partial charge in [-0.3, -0.25) is 0 Å². The monoisotopic (exact) mass is 128 g/mol. The molecule has 1 heteroatoms. The van der Waals surface area contributed by atoms with Crippen molar-refractivity contribution in [2.24, 2.45) is 11.8 Å². The van der Waals surface area contributed by atoms with Gasteiger partial charge in [-0.05, 0) is 25.2 Å². The standard InChI is InChI=1S/C8H16O/c1-6-4-3-5-8(6)7(2)9/h6-9H,3-5H2,1-2H3/t6-,7?,8-/m1/s1. The fourth-order valence-corrected chi connectivity index (χ4v) is 1.89. The molecule has 0 aromatic rings. The van der Waals surface area contributed by atoms with Crippen LogP contribution in [-0.4, -0.2) is 11.2 Å². The maximum Gasteiger partial charge on any atom is 0.0542 e. The second-order valence-corrected chi connectivity index (χ2v) is 3.31. The van der Waals surface area contributed by atoms with Crippen LogP contribution in [0.5, 0.6) is 0 Å². The molecule has 1 aliphatic carbocycles. The molecule has 0 amide bonds. The Morgan fingerprint density at radius 2 is 2.11 bits per heavy atom. The van der Waals surface area contributed by atoms with Crippen molar-refractivity contribution < 1.29 is 5.11 Å². The second-order valence-electron chi connectivity index (χ2n) is 3.31. The Kier molecular flexibility index (Phi) is 2.12. The summed E-state index contributed by atoms with van der Waals surface area (Å²) in [5.41, 5.74) is 0. The average Bonchev–Trinajstić information content (AvgIpc) is 2.13. The number of rotatable bonds is 1. The van der Waals surface area contributed by atoms with Gasteiger partial charge in [-0.2, -0.15) is 0 Å². The molecular formula is C8H16O. The van der Waals surface area contributed by atoms with Crippen molar-refractivity contribution >= 4 is 0 Å². The fraction of sp³-hybridized carbons (Fsp3) is 1.00. The van der Waals surface area contributed by atoms with Gasteiger partial charge in [0.05, 0.1) is 6.10 Å². The number of aliphatic hydroxyl groups excluding tert-OH is 1. The third-order valence-corrected chi connectivity index (χ3v) is 2.55. The van der Waals surface area contributed by atoms with E-state index in [-0.39, 0.29) is 6.10 Å². The van der Waals surface area contributed by atoms with Crippen LogP contribution in [0, 0.1) is 11.8 Å². The molecule has 0 saturated heterocycles. The van der Waals surface area contributed by atoms with Crippen LogP contribution >= 0.6 is 0 Å². The molecular weight excluding hydrogens is 112 g/mol. The lowest BCUT2D eigenvalue weighted by molar-refractivity contribution is 0.107. The van der Waals surface area contributed by atoms with Crippen LogP contribution in [0.25, 0.3) is 0 Å². The Bertz CT molecular complexity index is 88.6. The predicted molar refractivity (Wildman–Crippen MR) is 38.2 cm³/mol. The first-order chi connectivity index (χ1) is 4.22. The largest absolute Gasteiger partial charge is 0.393 e. The molecule has 0 aromatic carbocycles. The van der Waals surface area contributed by atoms with E-state index in [0.29, 0.717) is 5.92 Å². The third kappa shape index (κ3) is 1.45. The van der Waals surface area contributed by atoms with E-state index in [9.17, 15) is 5.11 Å². The summed E-state index contributed by atoms with van der Waals surface area (Å²) in [4.78, 5) is 0. The van der Waals surface area contributed by atoms with Gasteiger partial charge in [-0.1, -0.05) is 19.8 Å². The Morgan fingerprint density at radius 3 is 2.33 bits per heavy atom. The van der Waals surface area contributed by atoms with Gasteiger partial charge >= 0.3 is 0 Å². The summed E-state index contributed by atoms with van der Waals surface area (Å²) in [5.74, 6) is 1.34. The van der Waals surface area contributed by atoms with E-state index in [1.54, 1.807) is 0 Å². The Balaban J connectivity index is 2.40. The SMILES string of the molecule is CC(O)[C@@H]1CCC[C@H]1C. The quantitative estimate of drug-likeness (QED) is 0.571. The summed E-state index contributed by atoms with van der Waals surface area (Å²) < 4.78 is 0. The molecule has 1 nitrogen and oxygen atoms in total. The molecule has 1 aliphatic rings. The van der Waals surface area contributed by atoms with Gasteiger partial charge < -0.3 is 5.11 Å². The molecule has 9 heavy (non-hydrogen) atoms. The first-order valence-corrected chi connectivity index (χ1v) is 3.90. The summed E-state index contributed by atoms with van der Waals surface area (Å²) in [6, 6.07) is 0. The molecule has 1 N–H and O–H groups in total. The minimum absolute atomic E-state index is 0.0810. The number of hydrogen-bond donors (Lipinski definition) is 1. The molecule has 0 aromatic heterocycles. The van der Waals surface area contributed by atoms with Crippen molar-refractivity contribution in [1.29, 1.82) is 0 Å². The van der Waals surface area contributed by atoms with Gasteiger partial charge in [-0.15, -0.1) is 0 Å². The minimum Gasteiger partial charge on any atom is -0.393 e. The van der Waals surface area contributed by atoms with E-state index >= 15 is 0 Å². The molecule has 0 spiro atoms. The maximum absolute atomic E-state index is 9.22. The van der Waals surface area contributed by atoms with E-state index < -0.39 is 0 Å². The lowest BCUT2D eigenvalue weighted by Crippen LogP contribution is -2.18. The first kappa shape index (κ1) is 7.07. The smallest absolute Gasteiger partial charge is 0.0542 e. The lowest BCUT2D eigenvalue weighted by atomic mass is 9.93. The van der Waals surface area contributed by atoms with Gasteiger partial charge in [0.15, 0.2) is 0 Å². The number of hydrogen-bond acceptors (Lipinski definition) is 1. The lowest BCUT2D eigenvalue weighted by Gasteiger charge is -2.17. The van der Waals surface area contributed by atoms with Crippen molar-refractivity contribution in [3.8, 4) is 0 Å². The molecule has 0 radical (unpaired) electrons. The molecule has 0 bridgehead atoms. The Hall–Kier alpha value is -0.0400. The van der Waals surface area contributed by atoms with Crippen molar-refractivity contribution in [3.63, 3.8) is 0 Å². The highest BCUT2D eigenvalue weighted by Crippen LogP contribution is 2.33. The zero-order valence-electron chi connectivity index (χ0n) is 6.30. The van der Waals surface area contributed by atoms with E-state index in [0.717, 1.165) is 5.92 Å². The van der Waals surface area contributed by atoms with Gasteiger partial charge in [0.1, 0.15) is 0 Å². The van der Waals surface area contributed by atoms with E-state index in [1.165, 1.54) is 19.3 Å². The van der Waals surface area contributed by atoms with Crippen molar-refractivity contribution in [1.82, 2.24) is 0 Å². The summed E-state index contributed by atoms with van der Waals surface area (Å²) >= 11 is 0. The maximum atomic E-state index is 9.22. The third-order valence-electron chi connectivity index (χ3n) is 2.55. The highest BCUT2D eigenvalue weighted by Gasteiger charge is 2.26. The van der Waals surface area contributed by atoms with E-state index in [1.807, 2.05) is 6.92 Å². The van der Waals surface area contributed by atoms with Crippen LogP contribution in [0.2, 0.25) is 0 Å². The number of aliphatic hydroxyl groups is 1. The summed E-state index contributed by atoms with van der Waals surface area (Å²) in [6.45, 7) is 4.15. The highest BCUT2D eigenvalue weighted by molar-refractivity contribution is 4.77. The predicted octanol–water partition coefficient (Wildman–Crippen LogP) is 1.80. The average molecular weight is 128 g/mol.